The molecule has 1 N–H and O–H groups in total. The number of halogens is 1. The molecule has 19 heavy (non-hydrogen) atoms. The number of nitrogens with one attached hydrogen (secondary N) is 1. The Labute approximate surface area is 120 Å². The molecular weight excluding hydrogens is 312 g/mol. The Kier molecular flexibility index (Phi) is 4.76. The molecule has 2 rings (SSSR count). The second-order valence-corrected chi connectivity index (χ2v) is 5.12. The summed E-state index contributed by atoms with van der Waals surface area (Å²) in [5, 5.41) is 3.81. The van der Waals surface area contributed by atoms with Gasteiger partial charge in [-0.1, -0.05) is 15.9 Å². The summed E-state index contributed by atoms with van der Waals surface area (Å²) in [4.78, 5) is 16.3. The molecule has 6 heteroatoms. The number of carbonyl (C=O) groups excluding carboxylic acids is 1. The standard InChI is InChI=1S/C13H17BrN2O3/c1-18-11-8-15-5-2-10(11)12(17)16-13(9-14)3-6-19-7-4-13/h2,5,8H,3-4,6-7,9H2,1H3,(H,16,17). The highest BCUT2D eigenvalue weighted by molar-refractivity contribution is 9.09. The van der Waals surface area contributed by atoms with Crippen LogP contribution in [0.15, 0.2) is 18.5 Å². The van der Waals surface area contributed by atoms with Gasteiger partial charge in [-0.25, -0.2) is 0 Å². The zero-order valence-electron chi connectivity index (χ0n) is 10.8. The van der Waals surface area contributed by atoms with Crippen molar-refractivity contribution in [3.63, 3.8) is 0 Å². The van der Waals surface area contributed by atoms with Crippen molar-refractivity contribution in [2.24, 2.45) is 0 Å². The number of hydrogen-bond acceptors (Lipinski definition) is 4. The van der Waals surface area contributed by atoms with E-state index in [4.69, 9.17) is 9.47 Å². The van der Waals surface area contributed by atoms with Crippen molar-refractivity contribution in [1.29, 1.82) is 0 Å². The van der Waals surface area contributed by atoms with Gasteiger partial charge in [0.25, 0.3) is 5.91 Å². The molecular formula is C13H17BrN2O3. The van der Waals surface area contributed by atoms with E-state index in [1.807, 2.05) is 0 Å². The Hall–Kier alpha value is -1.14. The van der Waals surface area contributed by atoms with E-state index in [-0.39, 0.29) is 11.4 Å². The predicted molar refractivity (Wildman–Crippen MR) is 74.8 cm³/mol. The highest BCUT2D eigenvalue weighted by atomic mass is 79.9. The largest absolute Gasteiger partial charge is 0.494 e. The summed E-state index contributed by atoms with van der Waals surface area (Å²) in [5.74, 6) is 0.345. The van der Waals surface area contributed by atoms with Gasteiger partial charge in [0.05, 0.1) is 24.4 Å². The number of amides is 1. The van der Waals surface area contributed by atoms with Gasteiger partial charge in [0.1, 0.15) is 5.75 Å². The molecule has 1 amide bonds. The first-order chi connectivity index (χ1) is 9.21. The molecule has 0 bridgehead atoms. The van der Waals surface area contributed by atoms with Crippen LogP contribution in [0.3, 0.4) is 0 Å². The van der Waals surface area contributed by atoms with Crippen molar-refractivity contribution in [3.8, 4) is 5.75 Å². The van der Waals surface area contributed by atoms with Gasteiger partial charge in [-0.3, -0.25) is 9.78 Å². The van der Waals surface area contributed by atoms with Crippen molar-refractivity contribution in [1.82, 2.24) is 10.3 Å². The molecule has 0 aliphatic carbocycles. The van der Waals surface area contributed by atoms with E-state index < -0.39 is 0 Å². The normalized spacial score (nSPS) is 17.8. The maximum atomic E-state index is 12.4. The molecule has 1 aromatic heterocycles. The second-order valence-electron chi connectivity index (χ2n) is 4.56. The molecule has 104 valence electrons. The number of ether oxygens (including phenoxy) is 2. The SMILES string of the molecule is COc1cnccc1C(=O)NC1(CBr)CCOCC1. The Bertz CT molecular complexity index is 447. The van der Waals surface area contributed by atoms with Gasteiger partial charge in [-0.2, -0.15) is 0 Å². The highest BCUT2D eigenvalue weighted by Crippen LogP contribution is 2.25. The van der Waals surface area contributed by atoms with Crippen molar-refractivity contribution in [3.05, 3.63) is 24.0 Å². The molecule has 1 aromatic rings. The van der Waals surface area contributed by atoms with E-state index >= 15 is 0 Å². The maximum Gasteiger partial charge on any atom is 0.255 e. The quantitative estimate of drug-likeness (QED) is 0.855. The van der Waals surface area contributed by atoms with Crippen LogP contribution in [0.5, 0.6) is 5.75 Å². The number of alkyl halides is 1. The van der Waals surface area contributed by atoms with Gasteiger partial charge >= 0.3 is 0 Å². The fraction of sp³-hybridized carbons (Fsp3) is 0.538. The van der Waals surface area contributed by atoms with Crippen molar-refractivity contribution >= 4 is 21.8 Å². The monoisotopic (exact) mass is 328 g/mol. The summed E-state index contributed by atoms with van der Waals surface area (Å²) < 4.78 is 10.5. The van der Waals surface area contributed by atoms with Gasteiger partial charge in [0.15, 0.2) is 0 Å². The smallest absolute Gasteiger partial charge is 0.255 e. The molecule has 1 aliphatic rings. The highest BCUT2D eigenvalue weighted by Gasteiger charge is 2.33. The average Bonchev–Trinajstić information content (AvgIpc) is 2.48. The molecule has 2 heterocycles. The predicted octanol–water partition coefficient (Wildman–Crippen LogP) is 1.76. The van der Waals surface area contributed by atoms with Crippen LogP contribution in [-0.4, -0.2) is 42.1 Å². The minimum Gasteiger partial charge on any atom is -0.494 e. The maximum absolute atomic E-state index is 12.4. The minimum absolute atomic E-state index is 0.138. The van der Waals surface area contributed by atoms with E-state index in [1.165, 1.54) is 7.11 Å². The van der Waals surface area contributed by atoms with Crippen LogP contribution in [0, 0.1) is 0 Å². The van der Waals surface area contributed by atoms with Gasteiger partial charge in [0.2, 0.25) is 0 Å². The van der Waals surface area contributed by atoms with E-state index in [0.29, 0.717) is 29.9 Å². The van der Waals surface area contributed by atoms with E-state index in [2.05, 4.69) is 26.2 Å². The molecule has 1 saturated heterocycles. The number of pyridine rings is 1. The van der Waals surface area contributed by atoms with Crippen molar-refractivity contribution in [2.75, 3.05) is 25.7 Å². The van der Waals surface area contributed by atoms with Gasteiger partial charge < -0.3 is 14.8 Å². The summed E-state index contributed by atoms with van der Waals surface area (Å²) in [6.07, 6.45) is 4.73. The molecule has 0 atom stereocenters. The molecule has 0 radical (unpaired) electrons. The van der Waals surface area contributed by atoms with E-state index in [0.717, 1.165) is 12.8 Å². The van der Waals surface area contributed by atoms with Crippen LogP contribution in [0.25, 0.3) is 0 Å². The van der Waals surface area contributed by atoms with E-state index in [9.17, 15) is 4.79 Å². The number of carbonyl (C=O) groups is 1. The van der Waals surface area contributed by atoms with Crippen LogP contribution >= 0.6 is 15.9 Å². The van der Waals surface area contributed by atoms with Gasteiger partial charge in [-0.05, 0) is 18.9 Å². The van der Waals surface area contributed by atoms with Crippen LogP contribution in [-0.2, 0) is 4.74 Å². The fourth-order valence-electron chi connectivity index (χ4n) is 2.09. The number of hydrogen-bond donors (Lipinski definition) is 1. The lowest BCUT2D eigenvalue weighted by Gasteiger charge is -2.36. The third-order valence-corrected chi connectivity index (χ3v) is 4.41. The van der Waals surface area contributed by atoms with E-state index in [1.54, 1.807) is 18.5 Å². The Balaban J connectivity index is 2.15. The summed E-state index contributed by atoms with van der Waals surface area (Å²) in [6.45, 7) is 1.33. The number of aromatic nitrogens is 1. The number of methoxy groups -OCH3 is 1. The Morgan fingerprint density at radius 3 is 2.95 bits per heavy atom. The first-order valence-electron chi connectivity index (χ1n) is 6.15. The number of nitrogens with zero attached hydrogens (tertiary/aromatic N) is 1. The summed E-state index contributed by atoms with van der Waals surface area (Å²) in [6, 6.07) is 1.66. The summed E-state index contributed by atoms with van der Waals surface area (Å²) >= 11 is 3.49. The minimum atomic E-state index is -0.246. The van der Waals surface area contributed by atoms with Gasteiger partial charge in [-0.15, -0.1) is 0 Å². The zero-order chi connectivity index (χ0) is 13.7. The molecule has 0 saturated carbocycles. The Morgan fingerprint density at radius 2 is 2.32 bits per heavy atom. The van der Waals surface area contributed by atoms with Crippen LogP contribution in [0.4, 0.5) is 0 Å². The third-order valence-electron chi connectivity index (χ3n) is 3.33. The lowest BCUT2D eigenvalue weighted by atomic mass is 9.92. The molecule has 0 spiro atoms. The van der Waals surface area contributed by atoms with Crippen molar-refractivity contribution < 1.29 is 14.3 Å². The molecule has 5 nitrogen and oxygen atoms in total. The topological polar surface area (TPSA) is 60.5 Å². The van der Waals surface area contributed by atoms with Gasteiger partial charge in [0, 0.05) is 24.7 Å². The molecule has 1 aliphatic heterocycles. The molecule has 1 fully saturated rings. The van der Waals surface area contributed by atoms with Crippen LogP contribution < -0.4 is 10.1 Å². The zero-order valence-corrected chi connectivity index (χ0v) is 12.4. The lowest BCUT2D eigenvalue weighted by Crippen LogP contribution is -2.53. The molecule has 0 aromatic carbocycles. The second kappa shape index (κ2) is 6.34. The lowest BCUT2D eigenvalue weighted by molar-refractivity contribution is 0.0441. The average molecular weight is 329 g/mol. The summed E-state index contributed by atoms with van der Waals surface area (Å²) in [7, 11) is 1.53. The number of rotatable bonds is 4. The fourth-order valence-corrected chi connectivity index (χ4v) is 2.79. The third kappa shape index (κ3) is 3.25. The Morgan fingerprint density at radius 1 is 1.58 bits per heavy atom. The summed E-state index contributed by atoms with van der Waals surface area (Å²) in [5.41, 5.74) is 0.258. The van der Waals surface area contributed by atoms with Crippen LogP contribution in [0.1, 0.15) is 23.2 Å². The van der Waals surface area contributed by atoms with Crippen LogP contribution in [0.2, 0.25) is 0 Å². The molecule has 0 unspecified atom stereocenters. The first-order valence-corrected chi connectivity index (χ1v) is 7.27. The first kappa shape index (κ1) is 14.3. The van der Waals surface area contributed by atoms with Crippen molar-refractivity contribution in [2.45, 2.75) is 18.4 Å².